The lowest BCUT2D eigenvalue weighted by atomic mass is 10.2. The van der Waals surface area contributed by atoms with E-state index in [2.05, 4.69) is 5.32 Å². The summed E-state index contributed by atoms with van der Waals surface area (Å²) in [5.74, 6) is -0.235. The standard InChI is InChI=1S/C9H10Cl2N2O/c10-7-2-1-3-8(11)6(7)5-13-9(14)4-12/h1-3H,4-5,12H2,(H,13,14). The number of carbonyl (C=O) groups excluding carboxylic acids is 1. The average Bonchev–Trinajstić information content (AvgIpc) is 2.16. The maximum atomic E-state index is 10.9. The molecule has 0 atom stereocenters. The molecule has 0 heterocycles. The van der Waals surface area contributed by atoms with Gasteiger partial charge in [0.1, 0.15) is 0 Å². The molecule has 0 aliphatic heterocycles. The maximum absolute atomic E-state index is 10.9. The predicted molar refractivity (Wildman–Crippen MR) is 57.4 cm³/mol. The Morgan fingerprint density at radius 1 is 1.36 bits per heavy atom. The fourth-order valence-electron chi connectivity index (χ4n) is 0.960. The first-order chi connectivity index (χ1) is 6.65. The fourth-order valence-corrected chi connectivity index (χ4v) is 1.49. The van der Waals surface area contributed by atoms with Gasteiger partial charge in [-0.3, -0.25) is 4.79 Å². The number of carbonyl (C=O) groups is 1. The van der Waals surface area contributed by atoms with Crippen molar-refractivity contribution in [3.05, 3.63) is 33.8 Å². The molecule has 5 heteroatoms. The van der Waals surface area contributed by atoms with E-state index in [4.69, 9.17) is 28.9 Å². The van der Waals surface area contributed by atoms with Crippen molar-refractivity contribution in [3.63, 3.8) is 0 Å². The number of hydrogen-bond donors (Lipinski definition) is 2. The van der Waals surface area contributed by atoms with E-state index in [1.54, 1.807) is 18.2 Å². The molecule has 0 saturated carbocycles. The van der Waals surface area contributed by atoms with Gasteiger partial charge in [-0.1, -0.05) is 29.3 Å². The third kappa shape index (κ3) is 2.87. The van der Waals surface area contributed by atoms with Gasteiger partial charge in [-0.2, -0.15) is 0 Å². The van der Waals surface area contributed by atoms with Crippen molar-refractivity contribution in [2.45, 2.75) is 6.54 Å². The van der Waals surface area contributed by atoms with Gasteiger partial charge in [-0.15, -0.1) is 0 Å². The van der Waals surface area contributed by atoms with Gasteiger partial charge in [-0.05, 0) is 12.1 Å². The highest BCUT2D eigenvalue weighted by Crippen LogP contribution is 2.23. The Morgan fingerprint density at radius 2 is 1.93 bits per heavy atom. The van der Waals surface area contributed by atoms with Crippen LogP contribution in [-0.2, 0) is 11.3 Å². The lowest BCUT2D eigenvalue weighted by Gasteiger charge is -2.07. The normalized spacial score (nSPS) is 9.93. The van der Waals surface area contributed by atoms with Crippen LogP contribution in [0.2, 0.25) is 10.0 Å². The molecule has 3 nitrogen and oxygen atoms in total. The number of nitrogens with one attached hydrogen (secondary N) is 1. The molecule has 3 N–H and O–H groups in total. The second-order valence-electron chi connectivity index (χ2n) is 2.68. The van der Waals surface area contributed by atoms with E-state index in [0.717, 1.165) is 0 Å². The molecule has 0 radical (unpaired) electrons. The summed E-state index contributed by atoms with van der Waals surface area (Å²) in [4.78, 5) is 10.9. The molecule has 0 aliphatic rings. The minimum Gasteiger partial charge on any atom is -0.351 e. The monoisotopic (exact) mass is 232 g/mol. The molecule has 14 heavy (non-hydrogen) atoms. The number of hydrogen-bond acceptors (Lipinski definition) is 2. The summed E-state index contributed by atoms with van der Waals surface area (Å²) in [6, 6.07) is 5.19. The quantitative estimate of drug-likeness (QED) is 0.832. The first-order valence-corrected chi connectivity index (χ1v) is 4.80. The van der Waals surface area contributed by atoms with E-state index in [-0.39, 0.29) is 12.5 Å². The van der Waals surface area contributed by atoms with E-state index in [1.165, 1.54) is 0 Å². The number of benzene rings is 1. The molecule has 0 aliphatic carbocycles. The molecular weight excluding hydrogens is 223 g/mol. The molecule has 0 unspecified atom stereocenters. The summed E-state index contributed by atoms with van der Waals surface area (Å²) < 4.78 is 0. The Bertz CT molecular complexity index is 321. The topological polar surface area (TPSA) is 55.1 Å². The highest BCUT2D eigenvalue weighted by Gasteiger charge is 2.05. The van der Waals surface area contributed by atoms with Gasteiger partial charge in [0.15, 0.2) is 0 Å². The Balaban J connectivity index is 2.71. The van der Waals surface area contributed by atoms with Gasteiger partial charge in [0.05, 0.1) is 6.54 Å². The van der Waals surface area contributed by atoms with Crippen LogP contribution in [-0.4, -0.2) is 12.5 Å². The van der Waals surface area contributed by atoms with E-state index in [9.17, 15) is 4.79 Å². The zero-order valence-electron chi connectivity index (χ0n) is 7.39. The van der Waals surface area contributed by atoms with Crippen LogP contribution in [0.15, 0.2) is 18.2 Å². The summed E-state index contributed by atoms with van der Waals surface area (Å²) in [6.45, 7) is 0.261. The molecular formula is C9H10Cl2N2O. The van der Waals surface area contributed by atoms with Crippen LogP contribution in [0.3, 0.4) is 0 Å². The highest BCUT2D eigenvalue weighted by molar-refractivity contribution is 6.36. The number of rotatable bonds is 3. The van der Waals surface area contributed by atoms with Gasteiger partial charge in [0, 0.05) is 22.2 Å². The lowest BCUT2D eigenvalue weighted by Crippen LogP contribution is -2.29. The second-order valence-corrected chi connectivity index (χ2v) is 3.50. The first-order valence-electron chi connectivity index (χ1n) is 4.05. The Labute approximate surface area is 92.2 Å². The summed E-state index contributed by atoms with van der Waals surface area (Å²) >= 11 is 11.8. The van der Waals surface area contributed by atoms with Crippen LogP contribution < -0.4 is 11.1 Å². The van der Waals surface area contributed by atoms with E-state index < -0.39 is 0 Å². The second kappa shape index (κ2) is 5.20. The average molecular weight is 233 g/mol. The first kappa shape index (κ1) is 11.3. The Kier molecular flexibility index (Phi) is 4.20. The van der Waals surface area contributed by atoms with Crippen LogP contribution in [0.25, 0.3) is 0 Å². The summed E-state index contributed by atoms with van der Waals surface area (Å²) in [7, 11) is 0. The van der Waals surface area contributed by atoms with E-state index in [1.807, 2.05) is 0 Å². The molecule has 0 spiro atoms. The lowest BCUT2D eigenvalue weighted by molar-refractivity contribution is -0.119. The van der Waals surface area contributed by atoms with Crippen molar-refractivity contribution in [2.24, 2.45) is 5.73 Å². The molecule has 1 aromatic carbocycles. The van der Waals surface area contributed by atoms with Crippen LogP contribution in [0.5, 0.6) is 0 Å². The van der Waals surface area contributed by atoms with E-state index >= 15 is 0 Å². The summed E-state index contributed by atoms with van der Waals surface area (Å²) in [6.07, 6.45) is 0. The number of nitrogens with two attached hydrogens (primary N) is 1. The summed E-state index contributed by atoms with van der Waals surface area (Å²) in [5, 5.41) is 3.67. The number of halogens is 2. The minimum absolute atomic E-state index is 0.0396. The zero-order chi connectivity index (χ0) is 10.6. The largest absolute Gasteiger partial charge is 0.351 e. The van der Waals surface area contributed by atoms with Crippen molar-refractivity contribution < 1.29 is 4.79 Å². The molecule has 0 aromatic heterocycles. The van der Waals surface area contributed by atoms with Crippen molar-refractivity contribution in [2.75, 3.05) is 6.54 Å². The van der Waals surface area contributed by atoms with Crippen LogP contribution in [0.4, 0.5) is 0 Å². The fraction of sp³-hybridized carbons (Fsp3) is 0.222. The molecule has 0 saturated heterocycles. The molecule has 1 aromatic rings. The van der Waals surface area contributed by atoms with Crippen molar-refractivity contribution in [1.82, 2.24) is 5.32 Å². The molecule has 1 rings (SSSR count). The van der Waals surface area contributed by atoms with Gasteiger partial charge in [0.25, 0.3) is 0 Å². The SMILES string of the molecule is NCC(=O)NCc1c(Cl)cccc1Cl. The smallest absolute Gasteiger partial charge is 0.234 e. The molecule has 0 fully saturated rings. The van der Waals surface area contributed by atoms with Crippen LogP contribution in [0.1, 0.15) is 5.56 Å². The molecule has 76 valence electrons. The minimum atomic E-state index is -0.235. The summed E-state index contributed by atoms with van der Waals surface area (Å²) in [5.41, 5.74) is 5.84. The van der Waals surface area contributed by atoms with Gasteiger partial charge < -0.3 is 11.1 Å². The maximum Gasteiger partial charge on any atom is 0.234 e. The van der Waals surface area contributed by atoms with Crippen LogP contribution >= 0.6 is 23.2 Å². The Morgan fingerprint density at radius 3 is 2.43 bits per heavy atom. The van der Waals surface area contributed by atoms with Crippen molar-refractivity contribution >= 4 is 29.1 Å². The van der Waals surface area contributed by atoms with Crippen molar-refractivity contribution in [3.8, 4) is 0 Å². The molecule has 0 bridgehead atoms. The predicted octanol–water partition coefficient (Wildman–Crippen LogP) is 1.57. The van der Waals surface area contributed by atoms with E-state index in [0.29, 0.717) is 22.2 Å². The third-order valence-electron chi connectivity index (χ3n) is 1.71. The zero-order valence-corrected chi connectivity index (χ0v) is 8.90. The third-order valence-corrected chi connectivity index (χ3v) is 2.42. The molecule has 1 amide bonds. The van der Waals surface area contributed by atoms with Crippen LogP contribution in [0, 0.1) is 0 Å². The van der Waals surface area contributed by atoms with Gasteiger partial charge in [0.2, 0.25) is 5.91 Å². The van der Waals surface area contributed by atoms with Gasteiger partial charge in [-0.25, -0.2) is 0 Å². The van der Waals surface area contributed by atoms with Gasteiger partial charge >= 0.3 is 0 Å². The Hall–Kier alpha value is -0.770. The van der Waals surface area contributed by atoms with Crippen molar-refractivity contribution in [1.29, 1.82) is 0 Å². The highest BCUT2D eigenvalue weighted by atomic mass is 35.5. The number of amides is 1.